The molecule has 0 spiro atoms. The molecular formula is C20H17ClN3NiS2. The number of thiol groups is 1. The van der Waals surface area contributed by atoms with E-state index in [1.807, 2.05) is 66.7 Å². The van der Waals surface area contributed by atoms with E-state index in [-0.39, 0.29) is 0 Å². The molecule has 0 aliphatic heterocycles. The molecule has 7 heteroatoms. The predicted molar refractivity (Wildman–Crippen MR) is 117 cm³/mol. The van der Waals surface area contributed by atoms with E-state index in [2.05, 4.69) is 64.6 Å². The number of nitrogens with zero attached hydrogens (tertiary/aromatic N) is 3. The Morgan fingerprint density at radius 3 is 2.22 bits per heavy atom. The molecule has 3 rings (SSSR count). The molecule has 0 aliphatic rings. The average molecular weight is 458 g/mol. The van der Waals surface area contributed by atoms with Crippen molar-refractivity contribution in [2.75, 3.05) is 0 Å². The normalized spacial score (nSPS) is 10.6. The first-order valence-electron chi connectivity index (χ1n) is 7.93. The van der Waals surface area contributed by atoms with Gasteiger partial charge in [-0.15, -0.1) is 0 Å². The van der Waals surface area contributed by atoms with E-state index in [0.717, 1.165) is 22.7 Å². The fraction of sp³-hybridized carbons (Fsp3) is 0.0500. The second-order valence-electron chi connectivity index (χ2n) is 5.19. The monoisotopic (exact) mass is 456 g/mol. The average Bonchev–Trinajstić information content (AvgIpc) is 2.76. The molecule has 3 aromatic rings. The van der Waals surface area contributed by atoms with Crippen molar-refractivity contribution in [3.63, 3.8) is 0 Å². The van der Waals surface area contributed by atoms with Crippen LogP contribution in [0.2, 0.25) is 0 Å². The van der Waals surface area contributed by atoms with Gasteiger partial charge in [-0.2, -0.15) is 0 Å². The smallest absolute Gasteiger partial charge is 0.175 e. The van der Waals surface area contributed by atoms with E-state index < -0.39 is 0 Å². The molecule has 0 fully saturated rings. The Morgan fingerprint density at radius 1 is 0.963 bits per heavy atom. The molecule has 0 atom stereocenters. The third-order valence-corrected chi connectivity index (χ3v) is 4.70. The van der Waals surface area contributed by atoms with Crippen LogP contribution in [0, 0.1) is 0 Å². The molecule has 2 aromatic carbocycles. The summed E-state index contributed by atoms with van der Waals surface area (Å²) in [6.07, 6.45) is 1.75. The number of aromatic nitrogens is 1. The van der Waals surface area contributed by atoms with Gasteiger partial charge in [0, 0.05) is 17.5 Å². The number of pyridine rings is 1. The van der Waals surface area contributed by atoms with E-state index in [0.29, 0.717) is 4.32 Å². The van der Waals surface area contributed by atoms with E-state index in [1.54, 1.807) is 18.0 Å². The summed E-state index contributed by atoms with van der Waals surface area (Å²) >= 11 is 9.34. The van der Waals surface area contributed by atoms with Gasteiger partial charge in [0.25, 0.3) is 0 Å². The van der Waals surface area contributed by atoms with Crippen molar-refractivity contribution >= 4 is 44.2 Å². The van der Waals surface area contributed by atoms with Gasteiger partial charge in [-0.1, -0.05) is 78.5 Å². The van der Waals surface area contributed by atoms with Crippen molar-refractivity contribution in [2.24, 2.45) is 5.10 Å². The Balaban J connectivity index is 0.00000126. The van der Waals surface area contributed by atoms with Crippen molar-refractivity contribution in [3.8, 4) is 0 Å². The standard InChI is InChI=1S/C20H17N3S2.ClH.Ni/c24-20(25-15-16-9-3-1-4-10-16)23-22-19(17-11-5-2-6-12-17)18-13-7-8-14-21-18;;/h1-14H,15H2,(H,21,23,24);1H;/q;;+1/p-1. The molecule has 0 unspecified atom stereocenters. The summed E-state index contributed by atoms with van der Waals surface area (Å²) in [5, 5.41) is 4.42. The third kappa shape index (κ3) is 7.43. The van der Waals surface area contributed by atoms with Crippen LogP contribution in [0.3, 0.4) is 0 Å². The van der Waals surface area contributed by atoms with Gasteiger partial charge < -0.3 is 10.5 Å². The van der Waals surface area contributed by atoms with E-state index >= 15 is 0 Å². The SMILES string of the molecule is [Cl][Ni].[SH+]=C([N-]N=C(c1ccccc1)c1ccccn1)SCc1ccccc1. The quantitative estimate of drug-likeness (QED) is 0.132. The molecule has 27 heavy (non-hydrogen) atoms. The number of thioether (sulfide) groups is 1. The molecule has 0 saturated carbocycles. The molecular weight excluding hydrogens is 441 g/mol. The van der Waals surface area contributed by atoms with Gasteiger partial charge in [-0.25, -0.2) is 0 Å². The van der Waals surface area contributed by atoms with Crippen LogP contribution in [0.4, 0.5) is 0 Å². The zero-order chi connectivity index (χ0) is 19.3. The maximum atomic E-state index is 4.45. The van der Waals surface area contributed by atoms with Gasteiger partial charge in [0.15, 0.2) is 16.5 Å². The minimum absolute atomic E-state index is 0.619. The number of hydrogen-bond acceptors (Lipinski definition) is 3. The van der Waals surface area contributed by atoms with Crippen molar-refractivity contribution in [1.82, 2.24) is 4.98 Å². The van der Waals surface area contributed by atoms with Crippen LogP contribution in [0.1, 0.15) is 16.8 Å². The van der Waals surface area contributed by atoms with Gasteiger partial charge in [0.2, 0.25) is 0 Å². The maximum absolute atomic E-state index is 4.45. The van der Waals surface area contributed by atoms with Gasteiger partial charge in [-0.3, -0.25) is 4.98 Å². The van der Waals surface area contributed by atoms with E-state index in [4.69, 9.17) is 0 Å². The molecule has 0 saturated heterocycles. The summed E-state index contributed by atoms with van der Waals surface area (Å²) in [7, 11) is 4.26. The summed E-state index contributed by atoms with van der Waals surface area (Å²) in [6.45, 7) is 0. The topological polar surface area (TPSA) is 39.4 Å². The minimum Gasteiger partial charge on any atom is -0.519 e. The molecule has 0 aliphatic carbocycles. The Labute approximate surface area is 181 Å². The summed E-state index contributed by atoms with van der Waals surface area (Å²) in [4.78, 5) is 4.40. The predicted octanol–water partition coefficient (Wildman–Crippen LogP) is 5.19. The number of hydrogen-bond donors (Lipinski definition) is 0. The molecule has 3 nitrogen and oxygen atoms in total. The van der Waals surface area contributed by atoms with Gasteiger partial charge in [0.1, 0.15) is 0 Å². The first kappa shape index (κ1) is 21.6. The van der Waals surface area contributed by atoms with Crippen molar-refractivity contribution in [3.05, 3.63) is 107 Å². The van der Waals surface area contributed by atoms with Gasteiger partial charge in [0.05, 0.1) is 11.4 Å². The molecule has 141 valence electrons. The van der Waals surface area contributed by atoms with Crippen molar-refractivity contribution in [2.45, 2.75) is 5.75 Å². The minimum atomic E-state index is 0.619. The molecule has 1 heterocycles. The number of rotatable bonds is 5. The number of benzene rings is 2. The van der Waals surface area contributed by atoms with E-state index in [1.165, 1.54) is 5.56 Å². The van der Waals surface area contributed by atoms with Crippen LogP contribution < -0.4 is 0 Å². The molecule has 1 aromatic heterocycles. The molecule has 0 amide bonds. The van der Waals surface area contributed by atoms with Crippen LogP contribution in [0.15, 0.2) is 90.2 Å². The van der Waals surface area contributed by atoms with Crippen LogP contribution in [0.5, 0.6) is 0 Å². The van der Waals surface area contributed by atoms with Crippen molar-refractivity contribution in [1.29, 1.82) is 0 Å². The first-order valence-corrected chi connectivity index (χ1v) is 10.7. The van der Waals surface area contributed by atoms with Crippen LogP contribution >= 0.6 is 22.0 Å². The maximum Gasteiger partial charge on any atom is 0.175 e. The van der Waals surface area contributed by atoms with Gasteiger partial charge in [-0.05, 0) is 17.7 Å². The second kappa shape index (κ2) is 12.6. The number of halogens is 1. The Morgan fingerprint density at radius 2 is 1.59 bits per heavy atom. The second-order valence-corrected chi connectivity index (χ2v) is 6.88. The zero-order valence-corrected chi connectivity index (χ0v) is 17.6. The fourth-order valence-electron chi connectivity index (χ4n) is 2.20. The summed E-state index contributed by atoms with van der Waals surface area (Å²) < 4.78 is 0.619. The molecule has 0 bridgehead atoms. The summed E-state index contributed by atoms with van der Waals surface area (Å²) in [5.41, 5.74) is 8.00. The first-order chi connectivity index (χ1) is 13.3. The van der Waals surface area contributed by atoms with Crippen LogP contribution in [0.25, 0.3) is 5.43 Å². The Kier molecular flexibility index (Phi) is 10.1. The zero-order valence-electron chi connectivity index (χ0n) is 14.2. The largest absolute Gasteiger partial charge is 0.519 e. The molecule has 0 N–H and O–H groups in total. The fourth-order valence-corrected chi connectivity index (χ4v) is 3.02. The Bertz CT molecular complexity index is 805. The Hall–Kier alpha value is -1.72. The van der Waals surface area contributed by atoms with E-state index in [9.17, 15) is 0 Å². The molecule has 0 radical (unpaired) electrons. The van der Waals surface area contributed by atoms with Crippen LogP contribution in [-0.2, 0) is 32.5 Å². The summed E-state index contributed by atoms with van der Waals surface area (Å²) in [6, 6.07) is 25.9. The summed E-state index contributed by atoms with van der Waals surface area (Å²) in [5.74, 6) is 0.808. The third-order valence-electron chi connectivity index (χ3n) is 3.40. The van der Waals surface area contributed by atoms with Crippen molar-refractivity contribution < 1.29 is 14.6 Å². The van der Waals surface area contributed by atoms with Crippen LogP contribution in [-0.4, -0.2) is 15.0 Å². The van der Waals surface area contributed by atoms with Gasteiger partial charge >= 0.3 is 24.8 Å².